The molecule has 0 spiro atoms. The topological polar surface area (TPSA) is 86.8 Å². The third-order valence-electron chi connectivity index (χ3n) is 5.66. The average molecular weight is 458 g/mol. The minimum atomic E-state index is -3.69. The van der Waals surface area contributed by atoms with Gasteiger partial charge in [-0.05, 0) is 48.9 Å². The van der Waals surface area contributed by atoms with E-state index in [-0.39, 0.29) is 12.5 Å². The van der Waals surface area contributed by atoms with Crippen molar-refractivity contribution < 1.29 is 18.0 Å². The summed E-state index contributed by atoms with van der Waals surface area (Å²) >= 11 is 0. The Morgan fingerprint density at radius 3 is 2.25 bits per heavy atom. The maximum absolute atomic E-state index is 13.2. The van der Waals surface area contributed by atoms with Gasteiger partial charge >= 0.3 is 0 Å². The van der Waals surface area contributed by atoms with Gasteiger partial charge in [-0.15, -0.1) is 0 Å². The summed E-state index contributed by atoms with van der Waals surface area (Å²) in [5.41, 5.74) is 1.98. The second-order valence-electron chi connectivity index (χ2n) is 8.81. The first-order valence-corrected chi connectivity index (χ1v) is 12.6. The summed E-state index contributed by atoms with van der Waals surface area (Å²) in [4.78, 5) is 27.9. The molecule has 1 aliphatic rings. The Labute approximate surface area is 190 Å². The highest BCUT2D eigenvalue weighted by Crippen LogP contribution is 2.26. The van der Waals surface area contributed by atoms with Crippen LogP contribution in [0, 0.1) is 18.8 Å². The molecule has 2 amide bonds. The molecule has 7 nitrogen and oxygen atoms in total. The summed E-state index contributed by atoms with van der Waals surface area (Å²) in [6.45, 7) is 7.04. The number of hydrogen-bond donors (Lipinski definition) is 1. The van der Waals surface area contributed by atoms with Gasteiger partial charge in [0.05, 0.1) is 23.2 Å². The van der Waals surface area contributed by atoms with Crippen molar-refractivity contribution in [1.29, 1.82) is 0 Å². The largest absolute Gasteiger partial charge is 0.338 e. The van der Waals surface area contributed by atoms with Crippen molar-refractivity contribution in [3.63, 3.8) is 0 Å². The third-order valence-corrected chi connectivity index (χ3v) is 6.79. The first-order chi connectivity index (χ1) is 15.1. The number of benzene rings is 2. The Kier molecular flexibility index (Phi) is 7.23. The van der Waals surface area contributed by atoms with Crippen LogP contribution >= 0.6 is 0 Å². The molecule has 0 bridgehead atoms. The standard InChI is InChI=1S/C24H31N3O4S/c1-17-13-18(2)15-26(14-17)24(29)20-10-6-7-11-21(20)25-23(28)16-27(32(4,30)31)22-12-8-5-9-19(22)3/h5-12,17-18H,13-16H2,1-4H3,(H,25,28). The number of likely N-dealkylation sites (tertiary alicyclic amines) is 1. The maximum atomic E-state index is 13.2. The van der Waals surface area contributed by atoms with Crippen molar-refractivity contribution in [3.05, 3.63) is 59.7 Å². The third kappa shape index (κ3) is 5.68. The molecule has 1 N–H and O–H groups in total. The van der Waals surface area contributed by atoms with Crippen LogP contribution in [0.5, 0.6) is 0 Å². The monoisotopic (exact) mass is 457 g/mol. The van der Waals surface area contributed by atoms with Crippen LogP contribution in [0.4, 0.5) is 11.4 Å². The van der Waals surface area contributed by atoms with E-state index in [0.29, 0.717) is 41.9 Å². The zero-order valence-corrected chi connectivity index (χ0v) is 19.9. The predicted octanol–water partition coefficient (Wildman–Crippen LogP) is 3.52. The molecule has 0 radical (unpaired) electrons. The van der Waals surface area contributed by atoms with Gasteiger partial charge < -0.3 is 10.2 Å². The minimum absolute atomic E-state index is 0.127. The van der Waals surface area contributed by atoms with E-state index in [1.54, 1.807) is 49.4 Å². The Bertz CT molecular complexity index is 1090. The van der Waals surface area contributed by atoms with E-state index >= 15 is 0 Å². The zero-order chi connectivity index (χ0) is 23.5. The molecule has 32 heavy (non-hydrogen) atoms. The van der Waals surface area contributed by atoms with Crippen molar-refractivity contribution in [2.75, 3.05) is 35.5 Å². The van der Waals surface area contributed by atoms with Gasteiger partial charge in [0.1, 0.15) is 6.54 Å². The van der Waals surface area contributed by atoms with Gasteiger partial charge in [-0.1, -0.05) is 44.2 Å². The molecule has 2 atom stereocenters. The number of aryl methyl sites for hydroxylation is 1. The van der Waals surface area contributed by atoms with E-state index < -0.39 is 15.9 Å². The Morgan fingerprint density at radius 1 is 1.03 bits per heavy atom. The van der Waals surface area contributed by atoms with E-state index in [2.05, 4.69) is 19.2 Å². The Balaban J connectivity index is 1.81. The number of carbonyl (C=O) groups excluding carboxylic acids is 2. The molecule has 1 heterocycles. The smallest absolute Gasteiger partial charge is 0.255 e. The number of hydrogen-bond acceptors (Lipinski definition) is 4. The van der Waals surface area contributed by atoms with E-state index in [1.165, 1.54) is 0 Å². The summed E-state index contributed by atoms with van der Waals surface area (Å²) in [5, 5.41) is 2.75. The Hall–Kier alpha value is -2.87. The lowest BCUT2D eigenvalue weighted by Gasteiger charge is -2.35. The van der Waals surface area contributed by atoms with Crippen LogP contribution in [-0.4, -0.2) is 51.0 Å². The fraction of sp³-hybridized carbons (Fsp3) is 0.417. The quantitative estimate of drug-likeness (QED) is 0.719. The molecule has 2 aromatic carbocycles. The van der Waals surface area contributed by atoms with Crippen LogP contribution in [-0.2, 0) is 14.8 Å². The van der Waals surface area contributed by atoms with Crippen molar-refractivity contribution in [3.8, 4) is 0 Å². The van der Waals surface area contributed by atoms with Gasteiger partial charge in [0.2, 0.25) is 15.9 Å². The first-order valence-electron chi connectivity index (χ1n) is 10.8. The highest BCUT2D eigenvalue weighted by Gasteiger charge is 2.28. The summed E-state index contributed by atoms with van der Waals surface area (Å²) in [7, 11) is -3.69. The molecule has 172 valence electrons. The molecule has 2 unspecified atom stereocenters. The lowest BCUT2D eigenvalue weighted by atomic mass is 9.91. The van der Waals surface area contributed by atoms with Crippen molar-refractivity contribution in [1.82, 2.24) is 4.90 Å². The van der Waals surface area contributed by atoms with Crippen LogP contribution in [0.3, 0.4) is 0 Å². The van der Waals surface area contributed by atoms with E-state index in [1.807, 2.05) is 11.0 Å². The molecule has 2 aromatic rings. The molecular formula is C24H31N3O4S. The van der Waals surface area contributed by atoms with Crippen LogP contribution in [0.2, 0.25) is 0 Å². The van der Waals surface area contributed by atoms with Crippen LogP contribution in [0.15, 0.2) is 48.5 Å². The number of amides is 2. The number of para-hydroxylation sites is 2. The highest BCUT2D eigenvalue weighted by molar-refractivity contribution is 7.92. The molecule has 0 aliphatic carbocycles. The fourth-order valence-corrected chi connectivity index (χ4v) is 5.24. The number of carbonyl (C=O) groups is 2. The van der Waals surface area contributed by atoms with Gasteiger partial charge in [-0.25, -0.2) is 8.42 Å². The van der Waals surface area contributed by atoms with Crippen LogP contribution in [0.1, 0.15) is 36.2 Å². The summed E-state index contributed by atoms with van der Waals surface area (Å²) < 4.78 is 25.9. The number of anilines is 2. The molecular weight excluding hydrogens is 426 g/mol. The van der Waals surface area contributed by atoms with Crippen LogP contribution in [0.25, 0.3) is 0 Å². The Morgan fingerprint density at radius 2 is 1.62 bits per heavy atom. The van der Waals surface area contributed by atoms with E-state index in [4.69, 9.17) is 0 Å². The van der Waals surface area contributed by atoms with Gasteiger partial charge in [0, 0.05) is 13.1 Å². The van der Waals surface area contributed by atoms with Gasteiger partial charge in [0.25, 0.3) is 5.91 Å². The van der Waals surface area contributed by atoms with E-state index in [0.717, 1.165) is 22.5 Å². The van der Waals surface area contributed by atoms with Crippen molar-refractivity contribution in [2.24, 2.45) is 11.8 Å². The SMILES string of the molecule is Cc1ccccc1N(CC(=O)Nc1ccccc1C(=O)N1CC(C)CC(C)C1)S(C)(=O)=O. The van der Waals surface area contributed by atoms with Crippen molar-refractivity contribution in [2.45, 2.75) is 27.2 Å². The number of rotatable bonds is 6. The van der Waals surface area contributed by atoms with Crippen molar-refractivity contribution >= 4 is 33.2 Å². The molecule has 0 aromatic heterocycles. The molecule has 1 fully saturated rings. The minimum Gasteiger partial charge on any atom is -0.338 e. The summed E-state index contributed by atoms with van der Waals surface area (Å²) in [6, 6.07) is 13.9. The molecule has 3 rings (SSSR count). The molecule has 0 saturated carbocycles. The second-order valence-corrected chi connectivity index (χ2v) is 10.7. The summed E-state index contributed by atoms with van der Waals surface area (Å²) in [5.74, 6) is 0.196. The highest BCUT2D eigenvalue weighted by atomic mass is 32.2. The molecule has 1 aliphatic heterocycles. The normalized spacial score (nSPS) is 18.8. The molecule has 8 heteroatoms. The van der Waals surface area contributed by atoms with Gasteiger partial charge in [-0.2, -0.15) is 0 Å². The lowest BCUT2D eigenvalue weighted by Crippen LogP contribution is -2.43. The summed E-state index contributed by atoms with van der Waals surface area (Å²) in [6.07, 6.45) is 2.16. The lowest BCUT2D eigenvalue weighted by molar-refractivity contribution is -0.114. The van der Waals surface area contributed by atoms with E-state index in [9.17, 15) is 18.0 Å². The first kappa shape index (κ1) is 23.8. The maximum Gasteiger partial charge on any atom is 0.255 e. The van der Waals surface area contributed by atoms with Gasteiger partial charge in [-0.3, -0.25) is 13.9 Å². The second kappa shape index (κ2) is 9.73. The fourth-order valence-electron chi connectivity index (χ4n) is 4.32. The number of nitrogens with zero attached hydrogens (tertiary/aromatic N) is 2. The zero-order valence-electron chi connectivity index (χ0n) is 19.0. The number of nitrogens with one attached hydrogen (secondary N) is 1. The van der Waals surface area contributed by atoms with Crippen LogP contribution < -0.4 is 9.62 Å². The van der Waals surface area contributed by atoms with Gasteiger partial charge in [0.15, 0.2) is 0 Å². The number of piperidine rings is 1. The molecule has 1 saturated heterocycles. The number of sulfonamides is 1. The average Bonchev–Trinajstić information content (AvgIpc) is 2.71. The predicted molar refractivity (Wildman–Crippen MR) is 127 cm³/mol.